The summed E-state index contributed by atoms with van der Waals surface area (Å²) in [5, 5.41) is 2.12. The Morgan fingerprint density at radius 3 is 2.41 bits per heavy atom. The summed E-state index contributed by atoms with van der Waals surface area (Å²) >= 11 is 0. The van der Waals surface area contributed by atoms with E-state index in [4.69, 9.17) is 9.47 Å². The van der Waals surface area contributed by atoms with Crippen molar-refractivity contribution in [2.24, 2.45) is 11.8 Å². The summed E-state index contributed by atoms with van der Waals surface area (Å²) in [5.74, 6) is 0.656. The monoisotopic (exact) mass is 684 g/mol. The zero-order chi connectivity index (χ0) is 34.4. The first-order chi connectivity index (χ1) is 23.6. The second-order valence-electron chi connectivity index (χ2n) is 13.8. The van der Waals surface area contributed by atoms with Crippen LogP contribution in [0.3, 0.4) is 0 Å². The minimum absolute atomic E-state index is 0.0605. The van der Waals surface area contributed by atoms with Crippen LogP contribution in [0, 0.1) is 11.8 Å². The molecule has 4 aliphatic rings. The fraction of sp³-hybridized carbons (Fsp3) is 0.421. The van der Waals surface area contributed by atoms with E-state index < -0.39 is 16.2 Å². The van der Waals surface area contributed by atoms with Gasteiger partial charge in [-0.25, -0.2) is 9.52 Å². The highest BCUT2D eigenvalue weighted by molar-refractivity contribution is 7.87. The first-order valence-corrected chi connectivity index (χ1v) is 18.5. The van der Waals surface area contributed by atoms with Gasteiger partial charge in [-0.2, -0.15) is 12.7 Å². The summed E-state index contributed by atoms with van der Waals surface area (Å²) in [6.45, 7) is 0. The Balaban J connectivity index is 1.42. The lowest BCUT2D eigenvalue weighted by atomic mass is 9.75. The number of anilines is 1. The van der Waals surface area contributed by atoms with Crippen LogP contribution in [0.2, 0.25) is 0 Å². The van der Waals surface area contributed by atoms with Crippen molar-refractivity contribution < 1.29 is 27.5 Å². The lowest BCUT2D eigenvalue weighted by Crippen LogP contribution is -2.41. The number of hydrogen-bond donors (Lipinski definition) is 1. The van der Waals surface area contributed by atoms with Gasteiger partial charge in [-0.3, -0.25) is 9.36 Å². The van der Waals surface area contributed by atoms with E-state index in [0.717, 1.165) is 68.8 Å². The van der Waals surface area contributed by atoms with E-state index in [2.05, 4.69) is 40.0 Å². The highest BCUT2D eigenvalue weighted by Gasteiger charge is 2.43. The number of allylic oxidation sites excluding steroid dienone is 1. The highest BCUT2D eigenvalue weighted by atomic mass is 32.2. The summed E-state index contributed by atoms with van der Waals surface area (Å²) in [7, 11) is 1.88. The molecule has 1 saturated carbocycles. The smallest absolute Gasteiger partial charge is 0.340 e. The molecule has 3 heterocycles. The summed E-state index contributed by atoms with van der Waals surface area (Å²) in [6.07, 6.45) is 14.0. The SMILES string of the molecule is COC(=O)[C@@H]1CC2=C(CC3=c4c(OC)ccc(C5CCCCC5)c4=Cc4cn(C(=O)NS(=O)(=O)N(C)C)cc4N23)CC1Cc1ccccc1. The molecule has 0 saturated heterocycles. The number of amides is 1. The van der Waals surface area contributed by atoms with E-state index in [0.29, 0.717) is 18.8 Å². The molecule has 2 aliphatic carbocycles. The molecule has 2 atom stereocenters. The maximum absolute atomic E-state index is 13.4. The highest BCUT2D eigenvalue weighted by Crippen LogP contribution is 2.49. The van der Waals surface area contributed by atoms with Crippen molar-refractivity contribution in [1.82, 2.24) is 13.6 Å². The zero-order valence-electron chi connectivity index (χ0n) is 28.6. The van der Waals surface area contributed by atoms with Gasteiger partial charge in [0.15, 0.2) is 0 Å². The number of nitrogens with one attached hydrogen (secondary N) is 1. The number of rotatable bonds is 7. The van der Waals surface area contributed by atoms with Crippen LogP contribution in [0.1, 0.15) is 74.0 Å². The van der Waals surface area contributed by atoms with Crippen LogP contribution in [0.15, 0.2) is 66.1 Å². The van der Waals surface area contributed by atoms with Crippen molar-refractivity contribution in [3.8, 4) is 5.75 Å². The number of esters is 1. The second-order valence-corrected chi connectivity index (χ2v) is 15.7. The van der Waals surface area contributed by atoms with Crippen LogP contribution in [-0.4, -0.2) is 57.6 Å². The molecule has 1 aromatic heterocycles. The summed E-state index contributed by atoms with van der Waals surface area (Å²) < 4.78 is 41.1. The van der Waals surface area contributed by atoms with Crippen LogP contribution >= 0.6 is 0 Å². The van der Waals surface area contributed by atoms with Gasteiger partial charge in [-0.05, 0) is 71.6 Å². The molecule has 11 heteroatoms. The van der Waals surface area contributed by atoms with Gasteiger partial charge in [-0.15, -0.1) is 0 Å². The quantitative estimate of drug-likeness (QED) is 0.358. The third kappa shape index (κ3) is 6.07. The van der Waals surface area contributed by atoms with Gasteiger partial charge in [0.25, 0.3) is 0 Å². The van der Waals surface area contributed by atoms with Crippen LogP contribution in [0.5, 0.6) is 5.75 Å². The molecular weight excluding hydrogens is 641 g/mol. The number of carbonyl (C=O) groups excluding carboxylic acids is 2. The molecule has 1 N–H and O–H groups in total. The third-order valence-corrected chi connectivity index (χ3v) is 12.2. The van der Waals surface area contributed by atoms with E-state index in [-0.39, 0.29) is 17.8 Å². The molecule has 1 fully saturated rings. The maximum Gasteiger partial charge on any atom is 0.340 e. The van der Waals surface area contributed by atoms with Gasteiger partial charge in [0.05, 0.1) is 25.8 Å². The van der Waals surface area contributed by atoms with Crippen molar-refractivity contribution in [2.45, 2.75) is 63.7 Å². The molecule has 0 bridgehead atoms. The Bertz CT molecular complexity index is 2060. The van der Waals surface area contributed by atoms with Gasteiger partial charge in [-0.1, -0.05) is 55.7 Å². The van der Waals surface area contributed by atoms with Gasteiger partial charge >= 0.3 is 22.2 Å². The standard InChI is InChI=1S/C38H44N4O6S/c1-40(2)49(45,46)39-38(44)41-22-28-19-31-29(25-13-9-6-10-14-25)15-16-35(47-3)36(31)33-20-27-18-26(17-24-11-7-5-8-12-24)30(37(43)48-4)21-32(27)42(33)34(28)23-41/h5,7-8,11-12,15-16,19,22-23,25-26,30H,6,9-10,13-14,17-18,20-21H2,1-4H3,(H,39,44)/t26?,30-/m1/s1. The molecule has 0 spiro atoms. The topological polar surface area (TPSA) is 110 Å². The van der Waals surface area contributed by atoms with E-state index in [9.17, 15) is 18.0 Å². The number of aromatic nitrogens is 1. The van der Waals surface area contributed by atoms with Crippen molar-refractivity contribution in [2.75, 3.05) is 33.2 Å². The van der Waals surface area contributed by atoms with Crippen molar-refractivity contribution in [3.63, 3.8) is 0 Å². The zero-order valence-corrected chi connectivity index (χ0v) is 29.4. The fourth-order valence-electron chi connectivity index (χ4n) is 8.31. The lowest BCUT2D eigenvalue weighted by molar-refractivity contribution is -0.147. The predicted octanol–water partition coefficient (Wildman–Crippen LogP) is 4.77. The molecule has 10 nitrogen and oxygen atoms in total. The number of carbonyl (C=O) groups is 2. The minimum Gasteiger partial charge on any atom is -0.496 e. The Labute approximate surface area is 287 Å². The van der Waals surface area contributed by atoms with E-state index in [1.165, 1.54) is 61.7 Å². The lowest BCUT2D eigenvalue weighted by Gasteiger charge is -2.34. The molecular formula is C38H44N4O6S. The van der Waals surface area contributed by atoms with Gasteiger partial charge in [0.1, 0.15) is 5.75 Å². The molecule has 0 radical (unpaired) electrons. The average molecular weight is 685 g/mol. The summed E-state index contributed by atoms with van der Waals surface area (Å²) in [5.41, 5.74) is 7.33. The fourth-order valence-corrected chi connectivity index (χ4v) is 8.81. The number of methoxy groups -OCH3 is 2. The largest absolute Gasteiger partial charge is 0.496 e. The van der Waals surface area contributed by atoms with E-state index in [1.807, 2.05) is 18.2 Å². The molecule has 1 unspecified atom stereocenters. The van der Waals surface area contributed by atoms with Crippen LogP contribution in [0.4, 0.5) is 10.5 Å². The van der Waals surface area contributed by atoms with Crippen LogP contribution in [0.25, 0.3) is 11.8 Å². The molecule has 49 heavy (non-hydrogen) atoms. The van der Waals surface area contributed by atoms with Crippen molar-refractivity contribution in [1.29, 1.82) is 0 Å². The minimum atomic E-state index is -4.01. The Morgan fingerprint density at radius 2 is 1.71 bits per heavy atom. The average Bonchev–Trinajstić information content (AvgIpc) is 3.65. The first-order valence-electron chi connectivity index (χ1n) is 17.1. The number of benzene rings is 2. The molecule has 258 valence electrons. The molecule has 2 aromatic carbocycles. The second kappa shape index (κ2) is 13.2. The number of nitrogens with zero attached hydrogens (tertiary/aromatic N) is 3. The number of hydrogen-bond acceptors (Lipinski definition) is 7. The molecule has 3 aromatic rings. The van der Waals surface area contributed by atoms with Gasteiger partial charge in [0, 0.05) is 61.5 Å². The Hall–Kier alpha value is -4.35. The van der Waals surface area contributed by atoms with Gasteiger partial charge < -0.3 is 14.4 Å². The van der Waals surface area contributed by atoms with Crippen LogP contribution < -0.4 is 24.8 Å². The number of ether oxygens (including phenoxy) is 2. The Kier molecular flexibility index (Phi) is 8.91. The number of fused-ring (bicyclic) bond motifs is 5. The predicted molar refractivity (Wildman–Crippen MR) is 189 cm³/mol. The molecule has 7 rings (SSSR count). The maximum atomic E-state index is 13.4. The van der Waals surface area contributed by atoms with Crippen LogP contribution in [-0.2, 0) is 26.2 Å². The summed E-state index contributed by atoms with van der Waals surface area (Å²) in [4.78, 5) is 29.0. The van der Waals surface area contributed by atoms with E-state index >= 15 is 0 Å². The Morgan fingerprint density at radius 1 is 0.959 bits per heavy atom. The molecule has 1 amide bonds. The van der Waals surface area contributed by atoms with E-state index in [1.54, 1.807) is 19.5 Å². The van der Waals surface area contributed by atoms with Crippen molar-refractivity contribution >= 4 is 39.7 Å². The van der Waals surface area contributed by atoms with Crippen molar-refractivity contribution in [3.05, 3.63) is 93.3 Å². The first kappa shape index (κ1) is 33.2. The van der Waals surface area contributed by atoms with Gasteiger partial charge in [0.2, 0.25) is 0 Å². The normalized spacial score (nSPS) is 20.5. The third-order valence-electron chi connectivity index (χ3n) is 10.8. The molecule has 2 aliphatic heterocycles. The summed E-state index contributed by atoms with van der Waals surface area (Å²) in [6, 6.07) is 13.8.